The van der Waals surface area contributed by atoms with Crippen molar-refractivity contribution in [2.45, 2.75) is 6.54 Å². The summed E-state index contributed by atoms with van der Waals surface area (Å²) >= 11 is 1.31. The van der Waals surface area contributed by atoms with Gasteiger partial charge in [-0.15, -0.1) is 11.3 Å². The lowest BCUT2D eigenvalue weighted by Gasteiger charge is -2.10. The number of anilines is 1. The van der Waals surface area contributed by atoms with Gasteiger partial charge >= 0.3 is 0 Å². The number of carbonyl (C=O) groups excluding carboxylic acids is 1. The van der Waals surface area contributed by atoms with E-state index in [9.17, 15) is 9.59 Å². The molecular formula is C24H25N3O4S. The number of fused-ring (bicyclic) bond motifs is 1. The van der Waals surface area contributed by atoms with Crippen molar-refractivity contribution in [3.05, 3.63) is 73.1 Å². The van der Waals surface area contributed by atoms with Gasteiger partial charge in [-0.25, -0.2) is 0 Å². The molecule has 0 unspecified atom stereocenters. The highest BCUT2D eigenvalue weighted by Gasteiger charge is 2.26. The minimum atomic E-state index is -0.198. The lowest BCUT2D eigenvalue weighted by molar-refractivity contribution is -0.110. The van der Waals surface area contributed by atoms with E-state index in [2.05, 4.69) is 5.32 Å². The Labute approximate surface area is 189 Å². The normalized spacial score (nSPS) is 15.2. The van der Waals surface area contributed by atoms with Gasteiger partial charge < -0.3 is 19.7 Å². The molecule has 1 N–H and O–H groups in total. The molecule has 2 heterocycles. The Morgan fingerprint density at radius 3 is 2.59 bits per heavy atom. The lowest BCUT2D eigenvalue weighted by atomic mass is 10.1. The molecule has 0 saturated carbocycles. The van der Waals surface area contributed by atoms with Gasteiger partial charge in [0.05, 0.1) is 24.3 Å². The fourth-order valence-electron chi connectivity index (χ4n) is 3.63. The van der Waals surface area contributed by atoms with Crippen molar-refractivity contribution >= 4 is 34.6 Å². The summed E-state index contributed by atoms with van der Waals surface area (Å²) in [7, 11) is 7.09. The van der Waals surface area contributed by atoms with Crippen molar-refractivity contribution in [2.24, 2.45) is 0 Å². The molecule has 4 rings (SSSR count). The molecule has 0 aliphatic carbocycles. The van der Waals surface area contributed by atoms with Crippen LogP contribution >= 0.6 is 11.3 Å². The summed E-state index contributed by atoms with van der Waals surface area (Å²) < 4.78 is 13.7. The third-order valence-corrected chi connectivity index (χ3v) is 6.42. The van der Waals surface area contributed by atoms with Gasteiger partial charge in [0, 0.05) is 29.9 Å². The molecule has 0 atom stereocenters. The highest BCUT2D eigenvalue weighted by molar-refractivity contribution is 7.07. The first-order chi connectivity index (χ1) is 15.4. The van der Waals surface area contributed by atoms with E-state index in [0.29, 0.717) is 39.4 Å². The van der Waals surface area contributed by atoms with Gasteiger partial charge in [0.25, 0.3) is 11.5 Å². The number of aromatic nitrogens is 1. The molecule has 166 valence electrons. The number of nitrogens with one attached hydrogen (secondary N) is 1. The number of thiazole rings is 1. The smallest absolute Gasteiger partial charge is 0.269 e. The zero-order valence-electron chi connectivity index (χ0n) is 18.5. The maximum absolute atomic E-state index is 13.4. The second-order valence-electron chi connectivity index (χ2n) is 7.66. The number of carbonyl (C=O) groups is 1. The summed E-state index contributed by atoms with van der Waals surface area (Å²) in [4.78, 5) is 28.3. The second-order valence-corrected chi connectivity index (χ2v) is 8.69. The molecule has 8 heteroatoms. The Balaban J connectivity index is 2.00. The van der Waals surface area contributed by atoms with E-state index in [-0.39, 0.29) is 11.5 Å². The molecule has 1 aromatic heterocycles. The van der Waals surface area contributed by atoms with Gasteiger partial charge in [0.15, 0.2) is 0 Å². The van der Waals surface area contributed by atoms with Gasteiger partial charge in [-0.05, 0) is 44.4 Å². The van der Waals surface area contributed by atoms with E-state index in [1.165, 1.54) is 11.3 Å². The topological polar surface area (TPSA) is 72.8 Å². The Bertz CT molecular complexity index is 1350. The number of hydrogen-bond acceptors (Lipinski definition) is 6. The standard InChI is InChI=1S/C24H25N3O4S/c1-26(2)11-12-27-23(29)20(14-15-13-16(30-3)9-10-19(15)31-4)32-24(27)21-17-7-5-6-8-18(17)25-22(21)28/h5-10,13-14H,11-12H2,1-4H3,(H,25,28)/b20-14-,24-21-. The Hall–Kier alpha value is -3.36. The van der Waals surface area contributed by atoms with Gasteiger partial charge in [-0.1, -0.05) is 18.2 Å². The van der Waals surface area contributed by atoms with Crippen molar-refractivity contribution in [3.8, 4) is 11.5 Å². The maximum atomic E-state index is 13.4. The van der Waals surface area contributed by atoms with Crippen LogP contribution in [0.25, 0.3) is 11.6 Å². The van der Waals surface area contributed by atoms with Gasteiger partial charge in [-0.3, -0.25) is 14.2 Å². The molecule has 0 fully saturated rings. The number of rotatable bonds is 6. The number of nitrogens with zero attached hydrogens (tertiary/aromatic N) is 2. The third kappa shape index (κ3) is 4.06. The zero-order chi connectivity index (χ0) is 22.8. The fourth-order valence-corrected chi connectivity index (χ4v) is 4.81. The van der Waals surface area contributed by atoms with Crippen molar-refractivity contribution < 1.29 is 14.3 Å². The highest BCUT2D eigenvalue weighted by Crippen LogP contribution is 2.29. The summed E-state index contributed by atoms with van der Waals surface area (Å²) in [5, 5.41) is 2.91. The quantitative estimate of drug-likeness (QED) is 0.615. The van der Waals surface area contributed by atoms with Crippen LogP contribution in [-0.2, 0) is 11.3 Å². The van der Waals surface area contributed by atoms with Crippen LogP contribution in [0.2, 0.25) is 0 Å². The molecule has 32 heavy (non-hydrogen) atoms. The number of para-hydroxylation sites is 1. The predicted octanol–water partition coefficient (Wildman–Crippen LogP) is 1.47. The number of ether oxygens (including phenoxy) is 2. The van der Waals surface area contributed by atoms with E-state index < -0.39 is 0 Å². The SMILES string of the molecule is COc1ccc(OC)c(/C=c2\s/c(=C3\C(=O)Nc4ccccc43)n(CCN(C)C)c2=O)c1. The summed E-state index contributed by atoms with van der Waals surface area (Å²) in [5.74, 6) is 1.10. The number of benzene rings is 2. The molecule has 2 aromatic carbocycles. The molecule has 0 saturated heterocycles. The third-order valence-electron chi connectivity index (χ3n) is 5.29. The maximum Gasteiger partial charge on any atom is 0.269 e. The Kier molecular flexibility index (Phi) is 6.16. The Morgan fingerprint density at radius 1 is 1.09 bits per heavy atom. The molecule has 1 aliphatic rings. The first-order valence-corrected chi connectivity index (χ1v) is 11.0. The largest absolute Gasteiger partial charge is 0.497 e. The number of likely N-dealkylation sites (N-methyl/N-ethyl adjacent to an activating group) is 1. The van der Waals surface area contributed by atoms with Crippen LogP contribution in [0, 0.1) is 0 Å². The monoisotopic (exact) mass is 451 g/mol. The van der Waals surface area contributed by atoms with Crippen LogP contribution in [0.5, 0.6) is 11.5 Å². The van der Waals surface area contributed by atoms with Gasteiger partial charge in [0.1, 0.15) is 16.2 Å². The van der Waals surface area contributed by atoms with E-state index >= 15 is 0 Å². The second kappa shape index (κ2) is 9.02. The van der Waals surface area contributed by atoms with Crippen LogP contribution in [-0.4, -0.2) is 50.2 Å². The first-order valence-electron chi connectivity index (χ1n) is 10.2. The minimum Gasteiger partial charge on any atom is -0.497 e. The van der Waals surface area contributed by atoms with Crippen molar-refractivity contribution in [1.29, 1.82) is 0 Å². The fraction of sp³-hybridized carbons (Fsp3) is 0.250. The first kappa shape index (κ1) is 21.9. The molecule has 3 aromatic rings. The molecule has 1 amide bonds. The molecule has 0 bridgehead atoms. The molecule has 7 nitrogen and oxygen atoms in total. The van der Waals surface area contributed by atoms with Crippen LogP contribution in [0.1, 0.15) is 11.1 Å². The minimum absolute atomic E-state index is 0.138. The zero-order valence-corrected chi connectivity index (χ0v) is 19.3. The molecule has 0 radical (unpaired) electrons. The number of hydrogen-bond donors (Lipinski definition) is 1. The van der Waals surface area contributed by atoms with Crippen LogP contribution in [0.3, 0.4) is 0 Å². The van der Waals surface area contributed by atoms with Crippen LogP contribution in [0.4, 0.5) is 5.69 Å². The summed E-state index contributed by atoms with van der Waals surface area (Å²) in [6.45, 7) is 1.14. The van der Waals surface area contributed by atoms with E-state index in [0.717, 1.165) is 16.8 Å². The van der Waals surface area contributed by atoms with Crippen LogP contribution in [0.15, 0.2) is 47.3 Å². The molecular weight excluding hydrogens is 426 g/mol. The summed E-state index contributed by atoms with van der Waals surface area (Å²) in [5.41, 5.74) is 2.69. The van der Waals surface area contributed by atoms with E-state index in [4.69, 9.17) is 9.47 Å². The summed E-state index contributed by atoms with van der Waals surface area (Å²) in [6, 6.07) is 13.0. The average molecular weight is 452 g/mol. The van der Waals surface area contributed by atoms with E-state index in [1.807, 2.05) is 49.3 Å². The lowest BCUT2D eigenvalue weighted by Crippen LogP contribution is -2.36. The van der Waals surface area contributed by atoms with Gasteiger partial charge in [0.2, 0.25) is 0 Å². The van der Waals surface area contributed by atoms with Crippen molar-refractivity contribution in [1.82, 2.24) is 9.47 Å². The summed E-state index contributed by atoms with van der Waals surface area (Å²) in [6.07, 6.45) is 1.79. The van der Waals surface area contributed by atoms with Crippen molar-refractivity contribution in [2.75, 3.05) is 40.2 Å². The molecule has 1 aliphatic heterocycles. The average Bonchev–Trinajstić information content (AvgIpc) is 3.27. The van der Waals surface area contributed by atoms with Crippen LogP contribution < -0.4 is 29.5 Å². The molecule has 0 spiro atoms. The number of amides is 1. The Morgan fingerprint density at radius 2 is 1.88 bits per heavy atom. The van der Waals surface area contributed by atoms with Crippen molar-refractivity contribution in [3.63, 3.8) is 0 Å². The highest BCUT2D eigenvalue weighted by atomic mass is 32.1. The van der Waals surface area contributed by atoms with E-state index in [1.54, 1.807) is 37.0 Å². The van der Waals surface area contributed by atoms with Gasteiger partial charge in [-0.2, -0.15) is 0 Å². The predicted molar refractivity (Wildman–Crippen MR) is 127 cm³/mol. The number of methoxy groups -OCH3 is 2.